The van der Waals surface area contributed by atoms with Gasteiger partial charge in [-0.15, -0.1) is 0 Å². The Morgan fingerprint density at radius 2 is 2.00 bits per heavy atom. The van der Waals surface area contributed by atoms with Crippen LogP contribution in [0.25, 0.3) is 0 Å². The van der Waals surface area contributed by atoms with Gasteiger partial charge in [-0.25, -0.2) is 4.79 Å². The lowest BCUT2D eigenvalue weighted by Gasteiger charge is -2.33. The fraction of sp³-hybridized carbons (Fsp3) is 0.529. The lowest BCUT2D eigenvalue weighted by molar-refractivity contribution is -0.153. The van der Waals surface area contributed by atoms with Crippen molar-refractivity contribution < 1.29 is 23.8 Å². The summed E-state index contributed by atoms with van der Waals surface area (Å²) in [6.07, 6.45) is 1.36. The van der Waals surface area contributed by atoms with Crippen LogP contribution in [0.5, 0.6) is 11.5 Å². The molecule has 1 aromatic rings. The van der Waals surface area contributed by atoms with Gasteiger partial charge >= 0.3 is 5.97 Å². The highest BCUT2D eigenvalue weighted by Crippen LogP contribution is 2.34. The first-order chi connectivity index (χ1) is 11.0. The third kappa shape index (κ3) is 3.11. The summed E-state index contributed by atoms with van der Waals surface area (Å²) in [7, 11) is 3.05. The average Bonchev–Trinajstić information content (AvgIpc) is 2.97. The zero-order valence-corrected chi connectivity index (χ0v) is 14.0. The first kappa shape index (κ1) is 17.1. The largest absolute Gasteiger partial charge is 0.497 e. The molecular weight excluding hydrogens is 298 g/mol. The predicted octanol–water partition coefficient (Wildman–Crippen LogP) is 2.26. The predicted molar refractivity (Wildman–Crippen MR) is 84.9 cm³/mol. The Kier molecular flexibility index (Phi) is 5.13. The molecule has 6 heteroatoms. The minimum atomic E-state index is -0.933. The molecule has 23 heavy (non-hydrogen) atoms. The molecule has 0 bridgehead atoms. The molecule has 1 atom stereocenters. The lowest BCUT2D eigenvalue weighted by Crippen LogP contribution is -2.51. The molecular formula is C17H23NO5. The summed E-state index contributed by atoms with van der Waals surface area (Å²) in [6, 6.07) is 5.02. The number of hydrogen-bond acceptors (Lipinski definition) is 5. The molecule has 1 aliphatic heterocycles. The molecule has 0 aliphatic carbocycles. The van der Waals surface area contributed by atoms with E-state index in [0.29, 0.717) is 36.6 Å². The van der Waals surface area contributed by atoms with Gasteiger partial charge in [0.1, 0.15) is 17.0 Å². The highest BCUT2D eigenvalue weighted by Gasteiger charge is 2.47. The van der Waals surface area contributed by atoms with Gasteiger partial charge in [-0.1, -0.05) is 0 Å². The van der Waals surface area contributed by atoms with E-state index >= 15 is 0 Å². The highest BCUT2D eigenvalue weighted by atomic mass is 16.5. The van der Waals surface area contributed by atoms with Crippen molar-refractivity contribution in [2.45, 2.75) is 32.2 Å². The van der Waals surface area contributed by atoms with Crippen LogP contribution in [0.4, 0.5) is 0 Å². The van der Waals surface area contributed by atoms with Gasteiger partial charge in [0.15, 0.2) is 0 Å². The quantitative estimate of drug-likeness (QED) is 0.778. The minimum Gasteiger partial charge on any atom is -0.497 e. The van der Waals surface area contributed by atoms with E-state index in [9.17, 15) is 9.59 Å². The Morgan fingerprint density at radius 3 is 2.61 bits per heavy atom. The third-order valence-electron chi connectivity index (χ3n) is 4.24. The first-order valence-electron chi connectivity index (χ1n) is 7.69. The monoisotopic (exact) mass is 321 g/mol. The number of rotatable bonds is 5. The van der Waals surface area contributed by atoms with Crippen molar-refractivity contribution in [2.75, 3.05) is 27.4 Å². The topological polar surface area (TPSA) is 65.1 Å². The molecule has 0 saturated carbocycles. The molecule has 1 aliphatic rings. The second-order valence-corrected chi connectivity index (χ2v) is 5.62. The van der Waals surface area contributed by atoms with Crippen molar-refractivity contribution in [1.82, 2.24) is 4.90 Å². The van der Waals surface area contributed by atoms with Crippen LogP contribution >= 0.6 is 0 Å². The summed E-state index contributed by atoms with van der Waals surface area (Å²) in [5.41, 5.74) is -0.524. The number of likely N-dealkylation sites (tertiary alicyclic amines) is 1. The van der Waals surface area contributed by atoms with E-state index in [1.165, 1.54) is 7.11 Å². The lowest BCUT2D eigenvalue weighted by atomic mass is 9.98. The van der Waals surface area contributed by atoms with Crippen LogP contribution in [0.1, 0.15) is 37.0 Å². The summed E-state index contributed by atoms with van der Waals surface area (Å²) in [4.78, 5) is 26.8. The van der Waals surface area contributed by atoms with Gasteiger partial charge in [0.25, 0.3) is 5.91 Å². The minimum absolute atomic E-state index is 0.238. The standard InChI is InChI=1S/C17H23NO5/c1-5-23-16(20)17(2)9-6-10-18(17)15(19)13-8-7-12(21-3)11-14(13)22-4/h7-8,11H,5-6,9-10H2,1-4H3. The second kappa shape index (κ2) is 6.89. The highest BCUT2D eigenvalue weighted by molar-refractivity contribution is 6.00. The van der Waals surface area contributed by atoms with E-state index in [1.807, 2.05) is 0 Å². The van der Waals surface area contributed by atoms with Crippen LogP contribution in [0.15, 0.2) is 18.2 Å². The summed E-state index contributed by atoms with van der Waals surface area (Å²) in [6.45, 7) is 4.33. The normalized spacial score (nSPS) is 20.3. The number of carbonyl (C=O) groups is 2. The van der Waals surface area contributed by atoms with Crippen LogP contribution in [-0.4, -0.2) is 49.7 Å². The van der Waals surface area contributed by atoms with Crippen molar-refractivity contribution in [1.29, 1.82) is 0 Å². The SMILES string of the molecule is CCOC(=O)C1(C)CCCN1C(=O)c1ccc(OC)cc1OC. The maximum absolute atomic E-state index is 12.9. The summed E-state index contributed by atoms with van der Waals surface area (Å²) in [5, 5.41) is 0. The molecule has 1 amide bonds. The molecule has 6 nitrogen and oxygen atoms in total. The smallest absolute Gasteiger partial charge is 0.331 e. The van der Waals surface area contributed by atoms with Crippen molar-refractivity contribution in [3.63, 3.8) is 0 Å². The number of hydrogen-bond donors (Lipinski definition) is 0. The average molecular weight is 321 g/mol. The van der Waals surface area contributed by atoms with Crippen molar-refractivity contribution >= 4 is 11.9 Å². The number of esters is 1. The van der Waals surface area contributed by atoms with Crippen LogP contribution in [-0.2, 0) is 9.53 Å². The number of carbonyl (C=O) groups excluding carboxylic acids is 2. The molecule has 0 radical (unpaired) electrons. The Balaban J connectivity index is 2.34. The molecule has 1 fully saturated rings. The second-order valence-electron chi connectivity index (χ2n) is 5.62. The van der Waals surface area contributed by atoms with Gasteiger partial charge in [-0.2, -0.15) is 0 Å². The fourth-order valence-corrected chi connectivity index (χ4v) is 2.91. The van der Waals surface area contributed by atoms with E-state index in [4.69, 9.17) is 14.2 Å². The molecule has 1 saturated heterocycles. The number of nitrogens with zero attached hydrogens (tertiary/aromatic N) is 1. The number of ether oxygens (including phenoxy) is 3. The van der Waals surface area contributed by atoms with Crippen LogP contribution < -0.4 is 9.47 Å². The summed E-state index contributed by atoms with van der Waals surface area (Å²) >= 11 is 0. The molecule has 0 spiro atoms. The first-order valence-corrected chi connectivity index (χ1v) is 7.69. The van der Waals surface area contributed by atoms with Crippen molar-refractivity contribution in [2.24, 2.45) is 0 Å². The van der Waals surface area contributed by atoms with Crippen LogP contribution in [0, 0.1) is 0 Å². The molecule has 1 aromatic carbocycles. The van der Waals surface area contributed by atoms with Gasteiger partial charge in [0.2, 0.25) is 0 Å². The van der Waals surface area contributed by atoms with Crippen LogP contribution in [0.3, 0.4) is 0 Å². The van der Waals surface area contributed by atoms with E-state index in [1.54, 1.807) is 44.1 Å². The number of amides is 1. The Hall–Kier alpha value is -2.24. The van der Waals surface area contributed by atoms with Crippen molar-refractivity contribution in [3.05, 3.63) is 23.8 Å². The Bertz CT molecular complexity index is 601. The maximum atomic E-state index is 12.9. The van der Waals surface area contributed by atoms with Gasteiger partial charge in [0, 0.05) is 12.6 Å². The molecule has 126 valence electrons. The van der Waals surface area contributed by atoms with E-state index < -0.39 is 5.54 Å². The Labute approximate surface area is 136 Å². The molecule has 0 aromatic heterocycles. The molecule has 0 N–H and O–H groups in total. The fourth-order valence-electron chi connectivity index (χ4n) is 2.91. The van der Waals surface area contributed by atoms with E-state index in [0.717, 1.165) is 6.42 Å². The van der Waals surface area contributed by atoms with Gasteiger partial charge in [-0.05, 0) is 38.8 Å². The maximum Gasteiger partial charge on any atom is 0.331 e. The number of benzene rings is 1. The zero-order chi connectivity index (χ0) is 17.0. The Morgan fingerprint density at radius 1 is 1.26 bits per heavy atom. The number of methoxy groups -OCH3 is 2. The summed E-state index contributed by atoms with van der Waals surface area (Å²) < 4.78 is 15.6. The van der Waals surface area contributed by atoms with E-state index in [2.05, 4.69) is 0 Å². The summed E-state index contributed by atoms with van der Waals surface area (Å²) in [5.74, 6) is 0.427. The zero-order valence-electron chi connectivity index (χ0n) is 14.0. The van der Waals surface area contributed by atoms with Crippen molar-refractivity contribution in [3.8, 4) is 11.5 Å². The van der Waals surface area contributed by atoms with Gasteiger partial charge in [0.05, 0.1) is 26.4 Å². The molecule has 2 rings (SSSR count). The molecule has 1 unspecified atom stereocenters. The van der Waals surface area contributed by atoms with E-state index in [-0.39, 0.29) is 11.9 Å². The molecule has 1 heterocycles. The van der Waals surface area contributed by atoms with Gasteiger partial charge in [-0.3, -0.25) is 4.79 Å². The van der Waals surface area contributed by atoms with Gasteiger partial charge < -0.3 is 19.1 Å². The van der Waals surface area contributed by atoms with Crippen LogP contribution in [0.2, 0.25) is 0 Å². The third-order valence-corrected chi connectivity index (χ3v) is 4.24.